The monoisotopic (exact) mass is 314 g/mol. The molecule has 1 aliphatic heterocycles. The number of aliphatic hydroxyl groups excluding tert-OH is 1. The quantitative estimate of drug-likeness (QED) is 0.372. The SMILES string of the molecule is C[C@H](N)C(=O)N[C@@H](CO)C(=O)NCC(=O)N1CCC[C@H]1C=O. The van der Waals surface area contributed by atoms with Gasteiger partial charge in [0.1, 0.15) is 12.3 Å². The third kappa shape index (κ3) is 4.78. The Hall–Kier alpha value is -2.00. The van der Waals surface area contributed by atoms with Gasteiger partial charge in [-0.25, -0.2) is 0 Å². The largest absolute Gasteiger partial charge is 0.394 e. The summed E-state index contributed by atoms with van der Waals surface area (Å²) in [7, 11) is 0. The summed E-state index contributed by atoms with van der Waals surface area (Å²) in [4.78, 5) is 47.4. The maximum Gasteiger partial charge on any atom is 0.245 e. The van der Waals surface area contributed by atoms with Crippen LogP contribution in [0.25, 0.3) is 0 Å². The average Bonchev–Trinajstić information content (AvgIpc) is 2.97. The minimum Gasteiger partial charge on any atom is -0.394 e. The zero-order valence-corrected chi connectivity index (χ0v) is 12.4. The molecule has 5 N–H and O–H groups in total. The number of carbonyl (C=O) groups is 4. The van der Waals surface area contributed by atoms with Gasteiger partial charge in [-0.2, -0.15) is 0 Å². The Morgan fingerprint density at radius 2 is 2.09 bits per heavy atom. The fraction of sp³-hybridized carbons (Fsp3) is 0.692. The highest BCUT2D eigenvalue weighted by Crippen LogP contribution is 2.14. The van der Waals surface area contributed by atoms with Crippen molar-refractivity contribution in [3.63, 3.8) is 0 Å². The molecule has 0 aliphatic carbocycles. The van der Waals surface area contributed by atoms with E-state index in [1.54, 1.807) is 0 Å². The summed E-state index contributed by atoms with van der Waals surface area (Å²) in [6.45, 7) is 1.01. The Kier molecular flexibility index (Phi) is 6.93. The van der Waals surface area contributed by atoms with Crippen LogP contribution < -0.4 is 16.4 Å². The lowest BCUT2D eigenvalue weighted by Gasteiger charge is -2.22. The van der Waals surface area contributed by atoms with E-state index in [0.29, 0.717) is 19.3 Å². The van der Waals surface area contributed by atoms with E-state index in [0.717, 1.165) is 6.42 Å². The van der Waals surface area contributed by atoms with Crippen molar-refractivity contribution in [2.45, 2.75) is 37.9 Å². The maximum absolute atomic E-state index is 11.9. The first-order valence-corrected chi connectivity index (χ1v) is 7.10. The summed E-state index contributed by atoms with van der Waals surface area (Å²) in [5.74, 6) is -1.65. The van der Waals surface area contributed by atoms with Crippen molar-refractivity contribution in [2.75, 3.05) is 19.7 Å². The third-order valence-corrected chi connectivity index (χ3v) is 3.42. The van der Waals surface area contributed by atoms with E-state index < -0.39 is 36.5 Å². The summed E-state index contributed by atoms with van der Waals surface area (Å²) in [5.41, 5.74) is 5.36. The molecule has 0 spiro atoms. The summed E-state index contributed by atoms with van der Waals surface area (Å²) in [6, 6.07) is -2.44. The Bertz CT molecular complexity index is 440. The van der Waals surface area contributed by atoms with Crippen LogP contribution in [0.4, 0.5) is 0 Å². The Balaban J connectivity index is 2.48. The number of nitrogens with zero attached hydrogens (tertiary/aromatic N) is 1. The molecule has 1 aliphatic rings. The summed E-state index contributed by atoms with van der Waals surface area (Å²) < 4.78 is 0. The van der Waals surface area contributed by atoms with Crippen LogP contribution in [0.1, 0.15) is 19.8 Å². The van der Waals surface area contributed by atoms with E-state index in [1.165, 1.54) is 11.8 Å². The van der Waals surface area contributed by atoms with Crippen LogP contribution in [0.3, 0.4) is 0 Å². The first kappa shape index (κ1) is 18.1. The molecule has 9 nitrogen and oxygen atoms in total. The van der Waals surface area contributed by atoms with Crippen molar-refractivity contribution in [3.05, 3.63) is 0 Å². The molecule has 124 valence electrons. The number of likely N-dealkylation sites (tertiary alicyclic amines) is 1. The molecule has 0 bridgehead atoms. The number of rotatable bonds is 7. The third-order valence-electron chi connectivity index (χ3n) is 3.42. The molecule has 3 atom stereocenters. The zero-order valence-electron chi connectivity index (χ0n) is 12.4. The smallest absolute Gasteiger partial charge is 0.245 e. The summed E-state index contributed by atoms with van der Waals surface area (Å²) in [6.07, 6.45) is 2.08. The molecule has 0 aromatic rings. The number of nitrogens with one attached hydrogen (secondary N) is 2. The van der Waals surface area contributed by atoms with Gasteiger partial charge in [0, 0.05) is 6.54 Å². The molecule has 22 heavy (non-hydrogen) atoms. The van der Waals surface area contributed by atoms with Gasteiger partial charge in [0.05, 0.1) is 25.2 Å². The number of nitrogens with two attached hydrogens (primary N) is 1. The molecule has 1 rings (SSSR count). The van der Waals surface area contributed by atoms with Gasteiger partial charge in [0.2, 0.25) is 17.7 Å². The molecule has 0 aromatic heterocycles. The minimum absolute atomic E-state index is 0.298. The Morgan fingerprint density at radius 1 is 1.41 bits per heavy atom. The molecule has 3 amide bonds. The molecule has 0 aromatic carbocycles. The first-order valence-electron chi connectivity index (χ1n) is 7.10. The van der Waals surface area contributed by atoms with Gasteiger partial charge < -0.3 is 31.2 Å². The summed E-state index contributed by atoms with van der Waals surface area (Å²) >= 11 is 0. The number of hydrogen-bond acceptors (Lipinski definition) is 6. The van der Waals surface area contributed by atoms with Crippen molar-refractivity contribution >= 4 is 24.0 Å². The first-order chi connectivity index (χ1) is 10.4. The molecule has 0 radical (unpaired) electrons. The lowest BCUT2D eigenvalue weighted by molar-refractivity contribution is -0.136. The van der Waals surface area contributed by atoms with Crippen molar-refractivity contribution in [3.8, 4) is 0 Å². The van der Waals surface area contributed by atoms with Crippen molar-refractivity contribution in [1.82, 2.24) is 15.5 Å². The van der Waals surface area contributed by atoms with Gasteiger partial charge in [-0.15, -0.1) is 0 Å². The summed E-state index contributed by atoms with van der Waals surface area (Å²) in [5, 5.41) is 13.7. The van der Waals surface area contributed by atoms with Crippen molar-refractivity contribution in [1.29, 1.82) is 0 Å². The van der Waals surface area contributed by atoms with Gasteiger partial charge in [-0.1, -0.05) is 0 Å². The lowest BCUT2D eigenvalue weighted by Crippen LogP contribution is -2.54. The second-order valence-corrected chi connectivity index (χ2v) is 5.18. The highest BCUT2D eigenvalue weighted by atomic mass is 16.3. The lowest BCUT2D eigenvalue weighted by atomic mass is 10.2. The number of carbonyl (C=O) groups excluding carboxylic acids is 4. The van der Waals surface area contributed by atoms with E-state index in [-0.39, 0.29) is 12.5 Å². The topological polar surface area (TPSA) is 142 Å². The van der Waals surface area contributed by atoms with E-state index in [9.17, 15) is 19.2 Å². The normalized spacial score (nSPS) is 20.1. The highest BCUT2D eigenvalue weighted by molar-refractivity contribution is 5.92. The van der Waals surface area contributed by atoms with Crippen molar-refractivity contribution < 1.29 is 24.3 Å². The van der Waals surface area contributed by atoms with Crippen LogP contribution in [0, 0.1) is 0 Å². The number of hydrogen-bond donors (Lipinski definition) is 4. The van der Waals surface area contributed by atoms with Crippen LogP contribution in [0.2, 0.25) is 0 Å². The van der Waals surface area contributed by atoms with Crippen LogP contribution in [0.15, 0.2) is 0 Å². The van der Waals surface area contributed by atoms with Crippen molar-refractivity contribution in [2.24, 2.45) is 5.73 Å². The van der Waals surface area contributed by atoms with Gasteiger partial charge in [-0.05, 0) is 19.8 Å². The predicted molar refractivity (Wildman–Crippen MR) is 76.5 cm³/mol. The molecule has 0 unspecified atom stereocenters. The van der Waals surface area contributed by atoms with Crippen LogP contribution in [0.5, 0.6) is 0 Å². The second kappa shape index (κ2) is 8.44. The Labute approximate surface area is 128 Å². The van der Waals surface area contributed by atoms with Gasteiger partial charge in [0.25, 0.3) is 0 Å². The number of amides is 3. The predicted octanol–water partition coefficient (Wildman–Crippen LogP) is -2.88. The van der Waals surface area contributed by atoms with Crippen LogP contribution >= 0.6 is 0 Å². The van der Waals surface area contributed by atoms with E-state index in [4.69, 9.17) is 10.8 Å². The van der Waals surface area contributed by atoms with Gasteiger partial charge in [-0.3, -0.25) is 14.4 Å². The van der Waals surface area contributed by atoms with Gasteiger partial charge >= 0.3 is 0 Å². The average molecular weight is 314 g/mol. The molecular weight excluding hydrogens is 292 g/mol. The number of aldehydes is 1. The molecule has 1 fully saturated rings. The van der Waals surface area contributed by atoms with Crippen LogP contribution in [-0.2, 0) is 19.2 Å². The van der Waals surface area contributed by atoms with Gasteiger partial charge in [0.15, 0.2) is 0 Å². The van der Waals surface area contributed by atoms with E-state index >= 15 is 0 Å². The molecule has 1 saturated heterocycles. The molecule has 0 saturated carbocycles. The molecular formula is C13H22N4O5. The Morgan fingerprint density at radius 3 is 2.64 bits per heavy atom. The highest BCUT2D eigenvalue weighted by Gasteiger charge is 2.29. The fourth-order valence-electron chi connectivity index (χ4n) is 2.13. The van der Waals surface area contributed by atoms with E-state index in [2.05, 4.69) is 10.6 Å². The molecule has 9 heteroatoms. The zero-order chi connectivity index (χ0) is 16.7. The number of aliphatic hydroxyl groups is 1. The standard InChI is InChI=1S/C13H22N4O5/c1-8(14)12(21)16-10(7-19)13(22)15-5-11(20)17-4-2-3-9(17)6-18/h6,8-10,19H,2-5,7,14H2,1H3,(H,15,22)(H,16,21)/t8-,9-,10-/m0/s1. The van der Waals surface area contributed by atoms with E-state index in [1.807, 2.05) is 0 Å². The second-order valence-electron chi connectivity index (χ2n) is 5.18. The molecule has 1 heterocycles. The maximum atomic E-state index is 11.9. The minimum atomic E-state index is -1.17. The fourth-order valence-corrected chi connectivity index (χ4v) is 2.13. The van der Waals surface area contributed by atoms with Crippen LogP contribution in [-0.4, -0.2) is 71.8 Å².